The van der Waals surface area contributed by atoms with Crippen molar-refractivity contribution in [1.29, 1.82) is 0 Å². The van der Waals surface area contributed by atoms with Crippen molar-refractivity contribution in [3.8, 4) is 0 Å². The van der Waals surface area contributed by atoms with Gasteiger partial charge in [-0.05, 0) is 81.1 Å². The lowest BCUT2D eigenvalue weighted by molar-refractivity contribution is -0.169. The molecule has 1 fully saturated rings. The highest BCUT2D eigenvalue weighted by atomic mass is 79.9. The Labute approximate surface area is 235 Å². The summed E-state index contributed by atoms with van der Waals surface area (Å²) in [5.41, 5.74) is 0.883. The number of hydrogen-bond acceptors (Lipinski definition) is 5. The van der Waals surface area contributed by atoms with Gasteiger partial charge < -0.3 is 9.64 Å². The second-order valence-corrected chi connectivity index (χ2v) is 12.0. The summed E-state index contributed by atoms with van der Waals surface area (Å²) < 4.78 is 72.0. The molecule has 8 nitrogen and oxygen atoms in total. The number of amides is 2. The maximum atomic E-state index is 13.5. The summed E-state index contributed by atoms with van der Waals surface area (Å²) in [5, 5.41) is 0. The highest BCUT2D eigenvalue weighted by Gasteiger charge is 2.43. The third-order valence-corrected chi connectivity index (χ3v) is 8.19. The summed E-state index contributed by atoms with van der Waals surface area (Å²) in [5.74, 6) is -2.59. The molecule has 1 unspecified atom stereocenters. The van der Waals surface area contributed by atoms with Gasteiger partial charge in [-0.15, -0.1) is 0 Å². The molecule has 0 aromatic heterocycles. The number of carbonyl (C=O) groups excluding carboxylic acids is 2. The molecule has 0 bridgehead atoms. The molecule has 2 amide bonds. The van der Waals surface area contributed by atoms with Crippen molar-refractivity contribution in [2.24, 2.45) is 0 Å². The number of rotatable bonds is 8. The number of nitrogens with one attached hydrogen (secondary N) is 1. The Morgan fingerprint density at radius 1 is 1.16 bits per heavy atom. The van der Waals surface area contributed by atoms with Gasteiger partial charge >= 0.3 is 18.2 Å². The Hall–Kier alpha value is -2.42. The maximum absolute atomic E-state index is 13.5. The average Bonchev–Trinajstić information content (AvgIpc) is 3.32. The summed E-state index contributed by atoms with van der Waals surface area (Å²) in [6, 6.07) is 11.1. The number of ether oxygens (including phenoxy) is 1. The first kappa shape index (κ1) is 30.1. The van der Waals surface area contributed by atoms with Crippen molar-refractivity contribution < 1.29 is 35.9 Å². The molecular weight excluding hydrogens is 659 g/mol. The van der Waals surface area contributed by atoms with E-state index in [1.807, 2.05) is 6.07 Å². The number of hydrogen-bond donors (Lipinski definition) is 1. The van der Waals surface area contributed by atoms with Crippen molar-refractivity contribution >= 4 is 59.6 Å². The Balaban J connectivity index is 1.86. The highest BCUT2D eigenvalue weighted by molar-refractivity contribution is 9.11. The Bertz CT molecular complexity index is 1280. The summed E-state index contributed by atoms with van der Waals surface area (Å²) in [4.78, 5) is 26.9. The predicted molar refractivity (Wildman–Crippen MR) is 143 cm³/mol. The topological polar surface area (TPSA) is 96.0 Å². The van der Waals surface area contributed by atoms with Crippen LogP contribution in [-0.2, 0) is 31.9 Å². The number of likely N-dealkylation sites (tertiary alicyclic amines) is 1. The van der Waals surface area contributed by atoms with Crippen LogP contribution in [-0.4, -0.2) is 51.1 Å². The molecule has 0 saturated carbocycles. The molecule has 0 spiro atoms. The van der Waals surface area contributed by atoms with E-state index in [2.05, 4.69) is 36.6 Å². The SMILES string of the molecule is CNS(=O)(=O)Cc1cc(Br)c(N(/C=C/C2CCCN2C(=O)OCc2ccccc2)C(=O)C(F)(F)F)c(Br)c1. The van der Waals surface area contributed by atoms with Crippen LogP contribution in [0.3, 0.4) is 0 Å². The predicted octanol–water partition coefficient (Wildman–Crippen LogP) is 5.47. The lowest BCUT2D eigenvalue weighted by Crippen LogP contribution is -2.39. The summed E-state index contributed by atoms with van der Waals surface area (Å²) >= 11 is 6.34. The fraction of sp³-hybridized carbons (Fsp3) is 0.333. The van der Waals surface area contributed by atoms with Crippen molar-refractivity contribution in [3.05, 3.63) is 74.8 Å². The molecule has 206 valence electrons. The zero-order valence-corrected chi connectivity index (χ0v) is 24.0. The zero-order chi connectivity index (χ0) is 28.1. The molecular formula is C24H24Br2F3N3O5S. The standard InChI is InChI=1S/C24H24Br2F3N3O5S/c1-30-38(35,36)15-17-12-19(25)21(20(26)13-17)32(22(33)24(27,28)29)11-9-18-8-5-10-31(18)23(34)37-14-16-6-3-2-4-7-16/h2-4,6-7,9,11-13,18,30H,5,8,10,14-15H2,1H3/b11-9+. The van der Waals surface area contributed by atoms with Gasteiger partial charge in [0.25, 0.3) is 0 Å². The van der Waals surface area contributed by atoms with E-state index >= 15 is 0 Å². The van der Waals surface area contributed by atoms with E-state index in [4.69, 9.17) is 4.74 Å². The van der Waals surface area contributed by atoms with Crippen LogP contribution in [0.25, 0.3) is 0 Å². The van der Waals surface area contributed by atoms with Crippen LogP contribution in [0.5, 0.6) is 0 Å². The van der Waals surface area contributed by atoms with E-state index in [1.165, 1.54) is 30.2 Å². The fourth-order valence-corrected chi connectivity index (χ4v) is 6.22. The van der Waals surface area contributed by atoms with Gasteiger partial charge in [0, 0.05) is 21.7 Å². The molecule has 1 aliphatic rings. The second-order valence-electron chi connectivity index (χ2n) is 8.33. The third kappa shape index (κ3) is 7.80. The highest BCUT2D eigenvalue weighted by Crippen LogP contribution is 2.38. The molecule has 38 heavy (non-hydrogen) atoms. The van der Waals surface area contributed by atoms with Crippen molar-refractivity contribution in [3.63, 3.8) is 0 Å². The number of nitrogens with zero attached hydrogens (tertiary/aromatic N) is 2. The minimum atomic E-state index is -5.21. The molecule has 1 atom stereocenters. The lowest BCUT2D eigenvalue weighted by atomic mass is 10.2. The van der Waals surface area contributed by atoms with Gasteiger partial charge in [-0.1, -0.05) is 30.3 Å². The van der Waals surface area contributed by atoms with E-state index < -0.39 is 40.0 Å². The molecule has 2 aromatic carbocycles. The Morgan fingerprint density at radius 2 is 1.79 bits per heavy atom. The van der Waals surface area contributed by atoms with E-state index in [0.717, 1.165) is 11.8 Å². The largest absolute Gasteiger partial charge is 0.472 e. The first-order valence-corrected chi connectivity index (χ1v) is 14.5. The minimum Gasteiger partial charge on any atom is -0.445 e. The normalized spacial score (nSPS) is 16.2. The summed E-state index contributed by atoms with van der Waals surface area (Å²) in [6.45, 7) is 0.388. The van der Waals surface area contributed by atoms with Crippen LogP contribution in [0.2, 0.25) is 0 Å². The second kappa shape index (κ2) is 12.6. The van der Waals surface area contributed by atoms with Gasteiger partial charge in [-0.2, -0.15) is 13.2 Å². The molecule has 0 radical (unpaired) electrons. The van der Waals surface area contributed by atoms with Crippen LogP contribution in [0.15, 0.2) is 63.7 Å². The van der Waals surface area contributed by atoms with E-state index in [0.29, 0.717) is 24.3 Å². The molecule has 2 aromatic rings. The van der Waals surface area contributed by atoms with Crippen LogP contribution in [0, 0.1) is 0 Å². The van der Waals surface area contributed by atoms with Gasteiger partial charge in [0.05, 0.1) is 17.5 Å². The van der Waals surface area contributed by atoms with E-state index in [-0.39, 0.29) is 26.8 Å². The first-order valence-electron chi connectivity index (χ1n) is 11.3. The van der Waals surface area contributed by atoms with Crippen molar-refractivity contribution in [2.45, 2.75) is 37.4 Å². The third-order valence-electron chi connectivity index (χ3n) is 5.64. The number of anilines is 1. The number of alkyl halides is 3. The van der Waals surface area contributed by atoms with Crippen molar-refractivity contribution in [1.82, 2.24) is 9.62 Å². The van der Waals surface area contributed by atoms with Gasteiger partial charge in [-0.25, -0.2) is 17.9 Å². The van der Waals surface area contributed by atoms with Crippen LogP contribution >= 0.6 is 31.9 Å². The molecule has 1 aliphatic heterocycles. The van der Waals surface area contributed by atoms with Crippen LogP contribution < -0.4 is 9.62 Å². The van der Waals surface area contributed by atoms with Crippen LogP contribution in [0.4, 0.5) is 23.7 Å². The first-order chi connectivity index (χ1) is 17.8. The van der Waals surface area contributed by atoms with Gasteiger partial charge in [0.15, 0.2) is 0 Å². The van der Waals surface area contributed by atoms with E-state index in [1.54, 1.807) is 24.3 Å². The molecule has 1 N–H and O–H groups in total. The maximum Gasteiger partial charge on any atom is 0.472 e. The Kier molecular flexibility index (Phi) is 10.0. The zero-order valence-electron chi connectivity index (χ0n) is 20.0. The van der Waals surface area contributed by atoms with Gasteiger partial charge in [0.1, 0.15) is 6.61 Å². The monoisotopic (exact) mass is 681 g/mol. The van der Waals surface area contributed by atoms with E-state index in [9.17, 15) is 31.2 Å². The number of sulfonamides is 1. The van der Waals surface area contributed by atoms with Crippen molar-refractivity contribution in [2.75, 3.05) is 18.5 Å². The van der Waals surface area contributed by atoms with Gasteiger partial charge in [0.2, 0.25) is 10.0 Å². The smallest absolute Gasteiger partial charge is 0.445 e. The number of benzene rings is 2. The fourth-order valence-electron chi connectivity index (χ4n) is 3.81. The molecule has 3 rings (SSSR count). The summed E-state index contributed by atoms with van der Waals surface area (Å²) in [7, 11) is -2.41. The Morgan fingerprint density at radius 3 is 2.37 bits per heavy atom. The minimum absolute atomic E-state index is 0.0425. The number of halogens is 5. The molecule has 1 heterocycles. The quantitative estimate of drug-likeness (QED) is 0.399. The number of carbonyl (C=O) groups is 2. The van der Waals surface area contributed by atoms with Crippen LogP contribution in [0.1, 0.15) is 24.0 Å². The summed E-state index contributed by atoms with van der Waals surface area (Å²) in [6.07, 6.45) is -2.44. The molecule has 14 heteroatoms. The molecule has 1 saturated heterocycles. The van der Waals surface area contributed by atoms with Gasteiger partial charge in [-0.3, -0.25) is 9.69 Å². The lowest BCUT2D eigenvalue weighted by Gasteiger charge is -2.25. The molecule has 0 aliphatic carbocycles. The average molecular weight is 683 g/mol.